The van der Waals surface area contributed by atoms with E-state index in [4.69, 9.17) is 14.2 Å². The molecule has 8 rings (SSSR count). The molecular weight excluding hydrogens is 456 g/mol. The van der Waals surface area contributed by atoms with Gasteiger partial charge in [0.05, 0.1) is 28.6 Å². The van der Waals surface area contributed by atoms with Gasteiger partial charge in [0.15, 0.2) is 0 Å². The lowest BCUT2D eigenvalue weighted by molar-refractivity contribution is -0.207. The normalized spacial score (nSPS) is 63.9. The van der Waals surface area contributed by atoms with Crippen molar-refractivity contribution in [3.8, 4) is 0 Å². The predicted molar refractivity (Wildman–Crippen MR) is 129 cm³/mol. The van der Waals surface area contributed by atoms with Crippen LogP contribution < -0.4 is 0 Å². The van der Waals surface area contributed by atoms with E-state index in [0.29, 0.717) is 18.3 Å². The maximum absolute atomic E-state index is 13.0. The lowest BCUT2D eigenvalue weighted by Crippen LogP contribution is -2.58. The van der Waals surface area contributed by atoms with Crippen molar-refractivity contribution in [3.05, 3.63) is 11.1 Å². The average Bonchev–Trinajstić information content (AvgIpc) is 3.51. The Morgan fingerprint density at radius 3 is 2.31 bits per heavy atom. The van der Waals surface area contributed by atoms with Crippen LogP contribution in [0.5, 0.6) is 0 Å². The number of carbonyl (C=O) groups is 2. The smallest absolute Gasteiger partial charge is 0.309 e. The Kier molecular flexibility index (Phi) is 3.92. The molecule has 0 aromatic carbocycles. The number of hydrogen-bond donors (Lipinski definition) is 1. The molecule has 36 heavy (non-hydrogen) atoms. The summed E-state index contributed by atoms with van der Waals surface area (Å²) in [6.45, 7) is 12.9. The largest absolute Gasteiger partial charge is 0.461 e. The molecule has 6 nitrogen and oxygen atoms in total. The van der Waals surface area contributed by atoms with Gasteiger partial charge in [-0.05, 0) is 83.1 Å². The topological polar surface area (TPSA) is 82.1 Å². The quantitative estimate of drug-likeness (QED) is 0.403. The molecule has 15 atom stereocenters. The van der Waals surface area contributed by atoms with Crippen molar-refractivity contribution in [2.75, 3.05) is 0 Å². The molecule has 5 bridgehead atoms. The van der Waals surface area contributed by atoms with Crippen LogP contribution in [-0.2, 0) is 23.8 Å². The summed E-state index contributed by atoms with van der Waals surface area (Å²) in [5, 5.41) is 12.1. The number of aliphatic hydroxyl groups is 1. The first-order valence-electron chi connectivity index (χ1n) is 14.4. The van der Waals surface area contributed by atoms with Gasteiger partial charge in [-0.3, -0.25) is 9.59 Å². The molecule has 3 heterocycles. The second kappa shape index (κ2) is 6.25. The number of fused-ring (bicyclic) bond motifs is 7. The molecule has 4 saturated carbocycles. The maximum Gasteiger partial charge on any atom is 0.309 e. The molecule has 0 radical (unpaired) electrons. The van der Waals surface area contributed by atoms with Crippen LogP contribution in [0.3, 0.4) is 0 Å². The van der Waals surface area contributed by atoms with E-state index in [2.05, 4.69) is 27.7 Å². The Balaban J connectivity index is 1.37. The highest BCUT2D eigenvalue weighted by Gasteiger charge is 2.89. The third-order valence-electron chi connectivity index (χ3n) is 13.3. The van der Waals surface area contributed by atoms with E-state index in [-0.39, 0.29) is 82.2 Å². The Morgan fingerprint density at radius 1 is 0.889 bits per heavy atom. The fourth-order valence-electron chi connectivity index (χ4n) is 12.4. The van der Waals surface area contributed by atoms with Gasteiger partial charge < -0.3 is 19.3 Å². The Labute approximate surface area is 213 Å². The molecule has 3 aliphatic heterocycles. The highest BCUT2D eigenvalue weighted by Crippen LogP contribution is 2.85. The van der Waals surface area contributed by atoms with E-state index in [1.807, 2.05) is 13.8 Å². The third-order valence-corrected chi connectivity index (χ3v) is 13.3. The van der Waals surface area contributed by atoms with Crippen LogP contribution in [0.4, 0.5) is 0 Å². The van der Waals surface area contributed by atoms with Crippen LogP contribution in [0.25, 0.3) is 0 Å². The van der Waals surface area contributed by atoms with Gasteiger partial charge in [-0.15, -0.1) is 0 Å². The first-order valence-corrected chi connectivity index (χ1v) is 14.4. The van der Waals surface area contributed by atoms with E-state index in [0.717, 1.165) is 25.7 Å². The Morgan fingerprint density at radius 2 is 1.56 bits per heavy atom. The lowest BCUT2D eigenvalue weighted by atomic mass is 9.55. The minimum Gasteiger partial charge on any atom is -0.461 e. The van der Waals surface area contributed by atoms with Gasteiger partial charge in [-0.2, -0.15) is 0 Å². The van der Waals surface area contributed by atoms with Crippen molar-refractivity contribution < 1.29 is 28.9 Å². The fraction of sp³-hybridized carbons (Fsp3) is 0.867. The molecule has 5 aliphatic carbocycles. The SMILES string of the molecule is CC1=C2[C@H]3OC(=O)[C@@H](C)[C@@H]3CC[C@](C)(O)[C@@H]2[C@H]2[C@@H]3C[C@@]4(C)OC5(C)CC[C@H]6[C@H](C)C(=O)O[C@@H]6C4([C@@H]12)[C@@H]35. The summed E-state index contributed by atoms with van der Waals surface area (Å²) >= 11 is 0. The third kappa shape index (κ3) is 2.10. The number of allylic oxidation sites excluding steroid dienone is 1. The van der Waals surface area contributed by atoms with Crippen molar-refractivity contribution in [1.82, 2.24) is 0 Å². The van der Waals surface area contributed by atoms with Gasteiger partial charge >= 0.3 is 11.9 Å². The van der Waals surface area contributed by atoms with Crippen molar-refractivity contribution in [2.24, 2.45) is 58.7 Å². The number of ether oxygens (including phenoxy) is 3. The van der Waals surface area contributed by atoms with Crippen LogP contribution in [0.15, 0.2) is 11.1 Å². The Hall–Kier alpha value is -1.40. The summed E-state index contributed by atoms with van der Waals surface area (Å²) in [6.07, 6.45) is 3.99. The highest BCUT2D eigenvalue weighted by atomic mass is 16.6. The minimum absolute atomic E-state index is 0.0238. The molecule has 2 unspecified atom stereocenters. The summed E-state index contributed by atoms with van der Waals surface area (Å²) in [5.74, 6) is 1.10. The molecule has 0 amide bonds. The van der Waals surface area contributed by atoms with Crippen LogP contribution >= 0.6 is 0 Å². The Bertz CT molecular complexity index is 1140. The zero-order valence-corrected chi connectivity index (χ0v) is 22.4. The predicted octanol–water partition coefficient (Wildman–Crippen LogP) is 4.04. The van der Waals surface area contributed by atoms with Crippen LogP contribution in [0, 0.1) is 58.7 Å². The van der Waals surface area contributed by atoms with Crippen LogP contribution in [0.2, 0.25) is 0 Å². The highest BCUT2D eigenvalue weighted by molar-refractivity contribution is 5.76. The second-order valence-electron chi connectivity index (χ2n) is 14.6. The average molecular weight is 497 g/mol. The van der Waals surface area contributed by atoms with Crippen molar-refractivity contribution in [1.29, 1.82) is 0 Å². The molecule has 1 N–H and O–H groups in total. The van der Waals surface area contributed by atoms with Gasteiger partial charge in [0.25, 0.3) is 0 Å². The van der Waals surface area contributed by atoms with E-state index in [1.54, 1.807) is 0 Å². The zero-order valence-electron chi connectivity index (χ0n) is 22.4. The summed E-state index contributed by atoms with van der Waals surface area (Å²) < 4.78 is 19.6. The van der Waals surface area contributed by atoms with E-state index >= 15 is 0 Å². The number of hydrogen-bond acceptors (Lipinski definition) is 6. The molecule has 196 valence electrons. The maximum atomic E-state index is 13.0. The number of carbonyl (C=O) groups excluding carboxylic acids is 2. The molecule has 0 aromatic heterocycles. The molecule has 0 spiro atoms. The standard InChI is InChI=1S/C30H40O6/c1-12-15-7-9-27(4,33)21-18(22(15)34-25(12)31)14(3)20-19(21)17-11-29(6)30(20)23(17)28(5,36-29)10-8-16-13(2)26(32)35-24(16)30/h12-13,15-17,19-24,33H,7-11H2,1-6H3/t12-,13-,15-,16-,17-,19-,20-,21-,22-,23-,24-,27-,28?,29+,30?/m0/s1. The van der Waals surface area contributed by atoms with E-state index in [9.17, 15) is 14.7 Å². The van der Waals surface area contributed by atoms with Crippen molar-refractivity contribution in [2.45, 2.75) is 103 Å². The summed E-state index contributed by atoms with van der Waals surface area (Å²) in [4.78, 5) is 25.8. The van der Waals surface area contributed by atoms with Crippen LogP contribution in [0.1, 0.15) is 73.6 Å². The summed E-state index contributed by atoms with van der Waals surface area (Å²) in [5.41, 5.74) is 0.769. The molecule has 8 aliphatic rings. The molecule has 7 fully saturated rings. The second-order valence-corrected chi connectivity index (χ2v) is 14.6. The summed E-state index contributed by atoms with van der Waals surface area (Å²) in [6, 6.07) is 0. The molecule has 3 saturated heterocycles. The van der Waals surface area contributed by atoms with Crippen molar-refractivity contribution in [3.63, 3.8) is 0 Å². The first-order chi connectivity index (χ1) is 16.9. The lowest BCUT2D eigenvalue weighted by Gasteiger charge is -2.53. The van der Waals surface area contributed by atoms with Gasteiger partial charge in [-0.25, -0.2) is 0 Å². The zero-order chi connectivity index (χ0) is 25.3. The van der Waals surface area contributed by atoms with E-state index < -0.39 is 5.60 Å². The summed E-state index contributed by atoms with van der Waals surface area (Å²) in [7, 11) is 0. The number of rotatable bonds is 0. The van der Waals surface area contributed by atoms with Gasteiger partial charge in [0.2, 0.25) is 0 Å². The molecular formula is C30H40O6. The van der Waals surface area contributed by atoms with Gasteiger partial charge in [-0.1, -0.05) is 19.4 Å². The molecule has 6 heteroatoms. The fourth-order valence-corrected chi connectivity index (χ4v) is 12.4. The number of esters is 2. The monoisotopic (exact) mass is 496 g/mol. The van der Waals surface area contributed by atoms with Gasteiger partial charge in [0, 0.05) is 29.1 Å². The van der Waals surface area contributed by atoms with Gasteiger partial charge in [0.1, 0.15) is 12.2 Å². The van der Waals surface area contributed by atoms with Crippen LogP contribution in [-0.4, -0.2) is 46.1 Å². The van der Waals surface area contributed by atoms with E-state index in [1.165, 1.54) is 11.1 Å². The molecule has 0 aromatic rings. The first kappa shape index (κ1) is 22.6. The minimum atomic E-state index is -0.848. The van der Waals surface area contributed by atoms with Crippen molar-refractivity contribution >= 4 is 11.9 Å².